The van der Waals surface area contributed by atoms with E-state index in [0.29, 0.717) is 10.7 Å². The number of nitrogens with zero attached hydrogens (tertiary/aromatic N) is 3. The van der Waals surface area contributed by atoms with E-state index in [4.69, 9.17) is 16.0 Å². The molecule has 0 saturated heterocycles. The van der Waals surface area contributed by atoms with Gasteiger partial charge in [0.1, 0.15) is 5.15 Å². The summed E-state index contributed by atoms with van der Waals surface area (Å²) < 4.78 is 6.30. The van der Waals surface area contributed by atoms with Gasteiger partial charge in [0.2, 0.25) is 0 Å². The summed E-state index contributed by atoms with van der Waals surface area (Å²) in [5, 5.41) is 4.45. The van der Waals surface area contributed by atoms with Crippen LogP contribution in [0.15, 0.2) is 27.5 Å². The first-order chi connectivity index (χ1) is 7.58. The number of hydrogen-bond donors (Lipinski definition) is 0. The molecule has 16 heavy (non-hydrogen) atoms. The largest absolute Gasteiger partial charge is 0.437 e. The van der Waals surface area contributed by atoms with Crippen molar-refractivity contribution in [3.8, 4) is 11.5 Å². The summed E-state index contributed by atoms with van der Waals surface area (Å²) in [5.41, 5.74) is 0.626. The van der Waals surface area contributed by atoms with Gasteiger partial charge < -0.3 is 4.42 Å². The molecule has 0 aliphatic rings. The summed E-state index contributed by atoms with van der Waals surface area (Å²) in [7, 11) is 0. The SMILES string of the molecule is CC(C)n1nc(-c2ccc(Cl)nc2)oc1=O. The molecular weight excluding hydrogens is 230 g/mol. The zero-order valence-electron chi connectivity index (χ0n) is 8.85. The van der Waals surface area contributed by atoms with Crippen LogP contribution in [-0.2, 0) is 0 Å². The minimum Gasteiger partial charge on any atom is -0.388 e. The highest BCUT2D eigenvalue weighted by Crippen LogP contribution is 2.16. The third-order valence-electron chi connectivity index (χ3n) is 2.03. The lowest BCUT2D eigenvalue weighted by atomic mass is 10.3. The molecule has 0 aromatic carbocycles. The molecule has 0 aliphatic carbocycles. The van der Waals surface area contributed by atoms with Crippen LogP contribution in [0.2, 0.25) is 5.15 Å². The van der Waals surface area contributed by atoms with Crippen molar-refractivity contribution in [3.63, 3.8) is 0 Å². The maximum absolute atomic E-state index is 11.4. The van der Waals surface area contributed by atoms with E-state index in [1.54, 1.807) is 12.1 Å². The van der Waals surface area contributed by atoms with Gasteiger partial charge in [0.15, 0.2) is 0 Å². The maximum Gasteiger partial charge on any atom is 0.437 e. The summed E-state index contributed by atoms with van der Waals surface area (Å²) in [6, 6.07) is 3.28. The average molecular weight is 240 g/mol. The van der Waals surface area contributed by atoms with Crippen molar-refractivity contribution >= 4 is 11.6 Å². The molecular formula is C10H10ClN3O2. The first-order valence-corrected chi connectivity index (χ1v) is 5.17. The van der Waals surface area contributed by atoms with E-state index >= 15 is 0 Å². The zero-order valence-corrected chi connectivity index (χ0v) is 9.60. The summed E-state index contributed by atoms with van der Waals surface area (Å²) in [4.78, 5) is 15.3. The molecule has 0 aliphatic heterocycles. The average Bonchev–Trinajstić information content (AvgIpc) is 2.61. The number of rotatable bonds is 2. The van der Waals surface area contributed by atoms with Crippen LogP contribution >= 0.6 is 11.6 Å². The molecule has 84 valence electrons. The van der Waals surface area contributed by atoms with Crippen molar-refractivity contribution < 1.29 is 4.42 Å². The molecule has 0 fully saturated rings. The number of hydrogen-bond acceptors (Lipinski definition) is 4. The van der Waals surface area contributed by atoms with Gasteiger partial charge in [-0.3, -0.25) is 0 Å². The van der Waals surface area contributed by atoms with E-state index in [2.05, 4.69) is 10.1 Å². The van der Waals surface area contributed by atoms with Crippen LogP contribution in [0.4, 0.5) is 0 Å². The minimum atomic E-state index is -0.472. The smallest absolute Gasteiger partial charge is 0.388 e. The van der Waals surface area contributed by atoms with Gasteiger partial charge in [-0.1, -0.05) is 11.6 Å². The van der Waals surface area contributed by atoms with Gasteiger partial charge in [0.05, 0.1) is 11.6 Å². The molecule has 0 amide bonds. The van der Waals surface area contributed by atoms with Crippen molar-refractivity contribution in [1.29, 1.82) is 0 Å². The Hall–Kier alpha value is -1.62. The molecule has 2 aromatic rings. The van der Waals surface area contributed by atoms with E-state index < -0.39 is 5.76 Å². The van der Waals surface area contributed by atoms with Crippen LogP contribution in [-0.4, -0.2) is 14.8 Å². The highest BCUT2D eigenvalue weighted by Gasteiger charge is 2.12. The fourth-order valence-corrected chi connectivity index (χ4v) is 1.35. The third-order valence-corrected chi connectivity index (χ3v) is 2.26. The van der Waals surface area contributed by atoms with Gasteiger partial charge in [0.25, 0.3) is 5.89 Å². The molecule has 0 N–H and O–H groups in total. The van der Waals surface area contributed by atoms with Gasteiger partial charge in [0, 0.05) is 6.20 Å². The van der Waals surface area contributed by atoms with Gasteiger partial charge >= 0.3 is 5.76 Å². The van der Waals surface area contributed by atoms with Crippen LogP contribution in [0.25, 0.3) is 11.5 Å². The normalized spacial score (nSPS) is 11.0. The summed E-state index contributed by atoms with van der Waals surface area (Å²) in [5.74, 6) is -0.220. The van der Waals surface area contributed by atoms with Gasteiger partial charge in [-0.15, -0.1) is 5.10 Å². The molecule has 2 aromatic heterocycles. The Morgan fingerprint density at radius 1 is 1.44 bits per heavy atom. The van der Waals surface area contributed by atoms with Crippen LogP contribution in [0.3, 0.4) is 0 Å². The molecule has 0 unspecified atom stereocenters. The van der Waals surface area contributed by atoms with Crippen LogP contribution in [0, 0.1) is 0 Å². The topological polar surface area (TPSA) is 60.9 Å². The highest BCUT2D eigenvalue weighted by atomic mass is 35.5. The third kappa shape index (κ3) is 1.99. The molecule has 0 spiro atoms. The van der Waals surface area contributed by atoms with E-state index in [-0.39, 0.29) is 11.9 Å². The predicted molar refractivity (Wildman–Crippen MR) is 59.4 cm³/mol. The predicted octanol–water partition coefficient (Wildman–Crippen LogP) is 2.13. The van der Waals surface area contributed by atoms with Gasteiger partial charge in [-0.2, -0.15) is 4.68 Å². The molecule has 0 saturated carbocycles. The van der Waals surface area contributed by atoms with Gasteiger partial charge in [-0.05, 0) is 26.0 Å². The Morgan fingerprint density at radius 3 is 2.69 bits per heavy atom. The standard InChI is InChI=1S/C10H10ClN3O2/c1-6(2)14-10(15)16-9(13-14)7-3-4-8(11)12-5-7/h3-6H,1-2H3. The van der Waals surface area contributed by atoms with Crippen LogP contribution in [0.1, 0.15) is 19.9 Å². The highest BCUT2D eigenvalue weighted by molar-refractivity contribution is 6.29. The quantitative estimate of drug-likeness (QED) is 0.754. The Balaban J connectivity index is 2.45. The summed E-state index contributed by atoms with van der Waals surface area (Å²) in [6.45, 7) is 3.71. The summed E-state index contributed by atoms with van der Waals surface area (Å²) in [6.07, 6.45) is 1.51. The second kappa shape index (κ2) is 4.09. The van der Waals surface area contributed by atoms with Crippen molar-refractivity contribution in [1.82, 2.24) is 14.8 Å². The van der Waals surface area contributed by atoms with Crippen molar-refractivity contribution in [2.45, 2.75) is 19.9 Å². The number of aromatic nitrogens is 3. The van der Waals surface area contributed by atoms with Crippen molar-refractivity contribution in [2.24, 2.45) is 0 Å². The van der Waals surface area contributed by atoms with Crippen molar-refractivity contribution in [2.75, 3.05) is 0 Å². The summed E-state index contributed by atoms with van der Waals surface area (Å²) >= 11 is 5.66. The molecule has 0 radical (unpaired) electrons. The molecule has 2 heterocycles. The van der Waals surface area contributed by atoms with Crippen molar-refractivity contribution in [3.05, 3.63) is 34.0 Å². The van der Waals surface area contributed by atoms with E-state index in [0.717, 1.165) is 0 Å². The second-order valence-corrected chi connectivity index (χ2v) is 3.97. The molecule has 0 atom stereocenters. The number of pyridine rings is 1. The van der Waals surface area contributed by atoms with E-state index in [1.807, 2.05) is 13.8 Å². The second-order valence-electron chi connectivity index (χ2n) is 3.58. The Labute approximate surface area is 96.7 Å². The maximum atomic E-state index is 11.4. The Morgan fingerprint density at radius 2 is 2.19 bits per heavy atom. The monoisotopic (exact) mass is 239 g/mol. The Kier molecular flexibility index (Phi) is 2.78. The molecule has 5 nitrogen and oxygen atoms in total. The number of halogens is 1. The van der Waals surface area contributed by atoms with E-state index in [9.17, 15) is 4.79 Å². The molecule has 0 bridgehead atoms. The minimum absolute atomic E-state index is 0.0368. The fraction of sp³-hybridized carbons (Fsp3) is 0.300. The van der Waals surface area contributed by atoms with Crippen LogP contribution in [0.5, 0.6) is 0 Å². The first-order valence-electron chi connectivity index (χ1n) is 4.79. The van der Waals surface area contributed by atoms with Crippen LogP contribution < -0.4 is 5.76 Å². The first kappa shape index (κ1) is 10.9. The fourth-order valence-electron chi connectivity index (χ4n) is 1.23. The van der Waals surface area contributed by atoms with E-state index in [1.165, 1.54) is 10.9 Å². The molecule has 2 rings (SSSR count). The molecule has 6 heteroatoms. The zero-order chi connectivity index (χ0) is 11.7. The lowest BCUT2D eigenvalue weighted by molar-refractivity contribution is 0.449. The Bertz CT molecular complexity index is 542. The lowest BCUT2D eigenvalue weighted by Crippen LogP contribution is -2.17. The lowest BCUT2D eigenvalue weighted by Gasteiger charge is -1.99. The van der Waals surface area contributed by atoms with Gasteiger partial charge in [-0.25, -0.2) is 9.78 Å².